The SMILES string of the molecule is NC(=O)NOCCCCCCCCCCCCCCCC[P+](c1ccccc1)(c1ccccc1)c1ccccc1.O=C([O-])C(F)(F)F. The van der Waals surface area contributed by atoms with Crippen LogP contribution in [-0.4, -0.2) is 30.9 Å². The monoisotopic (exact) mass is 674 g/mol. The topological polar surface area (TPSA) is 104 Å². The first-order chi connectivity index (χ1) is 22.7. The molecule has 0 aliphatic carbocycles. The fraction of sp³-hybridized carbons (Fsp3) is 0.459. The Kier molecular flexibility index (Phi) is 19.5. The number of carboxylic acid groups (broad SMARTS) is 1. The molecule has 3 aromatic carbocycles. The van der Waals surface area contributed by atoms with Gasteiger partial charge in [0.15, 0.2) is 0 Å². The lowest BCUT2D eigenvalue weighted by molar-refractivity contribution is -0.344. The first-order valence-corrected chi connectivity index (χ1v) is 18.7. The van der Waals surface area contributed by atoms with Crippen molar-refractivity contribution in [3.8, 4) is 0 Å². The van der Waals surface area contributed by atoms with Crippen molar-refractivity contribution >= 4 is 35.2 Å². The van der Waals surface area contributed by atoms with Crippen molar-refractivity contribution in [1.29, 1.82) is 0 Å². The van der Waals surface area contributed by atoms with Crippen LogP contribution in [0.3, 0.4) is 0 Å². The van der Waals surface area contributed by atoms with Gasteiger partial charge in [-0.05, 0) is 55.7 Å². The highest BCUT2D eigenvalue weighted by atomic mass is 31.2. The summed E-state index contributed by atoms with van der Waals surface area (Å²) in [7, 11) is -1.67. The molecule has 47 heavy (non-hydrogen) atoms. The van der Waals surface area contributed by atoms with Crippen molar-refractivity contribution < 1.29 is 32.7 Å². The van der Waals surface area contributed by atoms with Gasteiger partial charge in [0.05, 0.1) is 12.8 Å². The molecule has 0 unspecified atom stereocenters. The molecule has 0 spiro atoms. The molecule has 0 aromatic heterocycles. The first-order valence-electron chi connectivity index (χ1n) is 16.7. The highest BCUT2D eigenvalue weighted by Crippen LogP contribution is 2.56. The molecular formula is C37H50F3N2O4P. The Balaban J connectivity index is 0.000000984. The second-order valence-electron chi connectivity index (χ2n) is 11.6. The number of hydrogen-bond donors (Lipinski definition) is 2. The van der Waals surface area contributed by atoms with Crippen LogP contribution in [0.1, 0.15) is 89.9 Å². The van der Waals surface area contributed by atoms with Crippen molar-refractivity contribution in [3.63, 3.8) is 0 Å². The number of amides is 2. The first kappa shape index (κ1) is 39.8. The summed E-state index contributed by atoms with van der Waals surface area (Å²) in [4.78, 5) is 24.3. The largest absolute Gasteiger partial charge is 0.542 e. The van der Waals surface area contributed by atoms with Crippen LogP contribution in [0.2, 0.25) is 0 Å². The summed E-state index contributed by atoms with van der Waals surface area (Å²) in [5, 5.41) is 13.3. The summed E-state index contributed by atoms with van der Waals surface area (Å²) in [6.45, 7) is 0.540. The number of alkyl halides is 3. The minimum absolute atomic E-state index is 0.540. The van der Waals surface area contributed by atoms with E-state index in [9.17, 15) is 18.0 Å². The van der Waals surface area contributed by atoms with Crippen molar-refractivity contribution in [1.82, 2.24) is 5.48 Å². The minimum atomic E-state index is -5.19. The van der Waals surface area contributed by atoms with Gasteiger partial charge in [-0.2, -0.15) is 13.2 Å². The number of carboxylic acids is 1. The van der Waals surface area contributed by atoms with Gasteiger partial charge in [-0.15, -0.1) is 0 Å². The number of carbonyl (C=O) groups is 2. The Morgan fingerprint density at radius 1 is 0.596 bits per heavy atom. The Labute approximate surface area is 278 Å². The molecule has 0 saturated carbocycles. The van der Waals surface area contributed by atoms with Crippen LogP contribution >= 0.6 is 7.26 Å². The number of benzene rings is 3. The van der Waals surface area contributed by atoms with E-state index in [1.807, 2.05) is 0 Å². The third-order valence-corrected chi connectivity index (χ3v) is 12.5. The Morgan fingerprint density at radius 3 is 1.19 bits per heavy atom. The van der Waals surface area contributed by atoms with E-state index < -0.39 is 25.4 Å². The molecule has 6 nitrogen and oxygen atoms in total. The van der Waals surface area contributed by atoms with Crippen molar-refractivity contribution in [2.75, 3.05) is 12.8 Å². The number of carbonyl (C=O) groups excluding carboxylic acids is 2. The fourth-order valence-corrected chi connectivity index (χ4v) is 10.1. The average molecular weight is 675 g/mol. The molecule has 0 heterocycles. The van der Waals surface area contributed by atoms with Crippen LogP contribution in [-0.2, 0) is 9.63 Å². The van der Waals surface area contributed by atoms with Gasteiger partial charge in [-0.25, -0.2) is 10.3 Å². The highest BCUT2D eigenvalue weighted by Gasteiger charge is 2.44. The zero-order valence-electron chi connectivity index (χ0n) is 27.3. The minimum Gasteiger partial charge on any atom is -0.542 e. The number of nitrogens with two attached hydrogens (primary N) is 1. The standard InChI is InChI=1S/C35H49N2O2P.C2HF3O2/c36-35(38)37-39-30-22-11-9-7-5-3-1-2-4-6-8-10-12-23-31-40(32-24-16-13-17-25-32,33-26-18-14-19-27-33)34-28-20-15-21-29-34;3-2(4,5)1(6)7/h13-21,24-29H,1-12,22-23,30-31H2,(H2-,36,37,38);(H,6,7). The summed E-state index contributed by atoms with van der Waals surface area (Å²) < 4.78 is 31.5. The number of rotatable bonds is 21. The Morgan fingerprint density at radius 2 is 0.894 bits per heavy atom. The van der Waals surface area contributed by atoms with E-state index in [-0.39, 0.29) is 0 Å². The summed E-state index contributed by atoms with van der Waals surface area (Å²) in [5.74, 6) is -3.01. The molecule has 0 saturated heterocycles. The Bertz CT molecular complexity index is 1150. The van der Waals surface area contributed by atoms with Crippen molar-refractivity contribution in [2.45, 2.75) is 96.1 Å². The molecule has 0 aliphatic rings. The van der Waals surface area contributed by atoms with Crippen LogP contribution in [0.15, 0.2) is 91.0 Å². The number of hydrogen-bond acceptors (Lipinski definition) is 4. The summed E-state index contributed by atoms with van der Waals surface area (Å²) in [6.07, 6.45) is 14.1. The van der Waals surface area contributed by atoms with Gasteiger partial charge < -0.3 is 15.6 Å². The smallest absolute Gasteiger partial charge is 0.430 e. The maximum Gasteiger partial charge on any atom is 0.430 e. The average Bonchev–Trinajstić information content (AvgIpc) is 3.07. The van der Waals surface area contributed by atoms with Gasteiger partial charge >= 0.3 is 12.2 Å². The van der Waals surface area contributed by atoms with Crippen molar-refractivity contribution in [2.24, 2.45) is 5.73 Å². The number of halogens is 3. The maximum atomic E-state index is 10.5. The van der Waals surface area contributed by atoms with Gasteiger partial charge in [0, 0.05) is 0 Å². The van der Waals surface area contributed by atoms with Crippen LogP contribution in [0.5, 0.6) is 0 Å². The van der Waals surface area contributed by atoms with Crippen LogP contribution in [0.4, 0.5) is 18.0 Å². The van der Waals surface area contributed by atoms with E-state index in [2.05, 4.69) is 96.5 Å². The predicted octanol–water partition coefficient (Wildman–Crippen LogP) is 7.34. The molecule has 0 aliphatic heterocycles. The molecule has 3 rings (SSSR count). The van der Waals surface area contributed by atoms with Gasteiger partial charge in [0.1, 0.15) is 29.1 Å². The second kappa shape index (κ2) is 23.0. The molecule has 0 radical (unpaired) electrons. The van der Waals surface area contributed by atoms with E-state index in [0.29, 0.717) is 6.61 Å². The maximum absolute atomic E-state index is 10.5. The third kappa shape index (κ3) is 15.8. The highest BCUT2D eigenvalue weighted by molar-refractivity contribution is 7.95. The zero-order valence-corrected chi connectivity index (χ0v) is 28.2. The lowest BCUT2D eigenvalue weighted by Crippen LogP contribution is -2.37. The van der Waals surface area contributed by atoms with Crippen molar-refractivity contribution in [3.05, 3.63) is 91.0 Å². The molecule has 0 fully saturated rings. The van der Waals surface area contributed by atoms with E-state index in [0.717, 1.165) is 12.8 Å². The van der Waals surface area contributed by atoms with Crippen LogP contribution in [0, 0.1) is 0 Å². The molecule has 3 N–H and O–H groups in total. The number of nitrogens with one attached hydrogen (secondary N) is 1. The van der Waals surface area contributed by atoms with E-state index in [1.165, 1.54) is 99.1 Å². The lowest BCUT2D eigenvalue weighted by Gasteiger charge is -2.27. The Hall–Kier alpha value is -3.42. The predicted molar refractivity (Wildman–Crippen MR) is 184 cm³/mol. The third-order valence-electron chi connectivity index (χ3n) is 7.99. The normalized spacial score (nSPS) is 11.4. The molecule has 2 amide bonds. The number of aliphatic carboxylic acids is 1. The van der Waals surface area contributed by atoms with E-state index in [4.69, 9.17) is 20.5 Å². The molecule has 0 atom stereocenters. The molecular weight excluding hydrogens is 624 g/mol. The lowest BCUT2D eigenvalue weighted by atomic mass is 10.0. The summed E-state index contributed by atoms with van der Waals surface area (Å²) in [6, 6.07) is 33.2. The molecule has 3 aromatic rings. The molecule has 10 heteroatoms. The summed E-state index contributed by atoms with van der Waals surface area (Å²) >= 11 is 0. The van der Waals surface area contributed by atoms with Crippen LogP contribution in [0.25, 0.3) is 0 Å². The van der Waals surface area contributed by atoms with Gasteiger partial charge in [0.2, 0.25) is 0 Å². The van der Waals surface area contributed by atoms with E-state index >= 15 is 0 Å². The second-order valence-corrected chi connectivity index (χ2v) is 15.2. The summed E-state index contributed by atoms with van der Waals surface area (Å²) in [5.41, 5.74) is 7.11. The fourth-order valence-electron chi connectivity index (χ4n) is 5.65. The zero-order chi connectivity index (χ0) is 34.2. The van der Waals surface area contributed by atoms with Gasteiger partial charge in [0.25, 0.3) is 0 Å². The molecule has 258 valence electrons. The number of primary amides is 1. The number of unbranched alkanes of at least 4 members (excludes halogenated alkanes) is 13. The molecule has 0 bridgehead atoms. The number of urea groups is 1. The van der Waals surface area contributed by atoms with Gasteiger partial charge in [-0.3, -0.25) is 4.84 Å². The van der Waals surface area contributed by atoms with Crippen LogP contribution < -0.4 is 32.2 Å². The van der Waals surface area contributed by atoms with Gasteiger partial charge in [-0.1, -0.05) is 125 Å². The number of hydroxylamine groups is 1. The van der Waals surface area contributed by atoms with E-state index in [1.54, 1.807) is 0 Å². The quantitative estimate of drug-likeness (QED) is 0.0701.